The van der Waals surface area contributed by atoms with E-state index in [1.165, 1.54) is 0 Å². The van der Waals surface area contributed by atoms with Crippen LogP contribution in [0.5, 0.6) is 0 Å². The molecule has 4 aliphatic carbocycles. The number of nitrogens with zero attached hydrogens (tertiary/aromatic N) is 4. The SMILES string of the molecule is CC(C)C1=CC2CC3(C=O)[C@@H]4CC[C@@H](C)[C@H]4CC2(C2CCC(CN(C)Cc4cccc(CN(C)CCc5ccccn5)n4)O2)C13C(=O)O. The maximum absolute atomic E-state index is 13.9. The third-order valence-electron chi connectivity index (χ3n) is 13.4. The standard InChI is InChI=1S/C40H54N4O4/c1-26(2)35-19-28-20-38(25-45)34-14-12-27(3)33(34)21-39(28,40(35,38)37(46)47)36-15-13-32(48-36)24-44(5)23-31-11-8-10-30(42-31)22-43(4)18-16-29-9-6-7-17-41-29/h6-11,17,19,25-28,32-34,36H,12-16,18,20-24H2,1-5H3,(H,46,47)/t27-,28?,32?,33-,34-,36?,38?,39?,40?/m1/s1. The zero-order valence-electron chi connectivity index (χ0n) is 29.5. The first kappa shape index (κ1) is 33.6. The normalized spacial score (nSPS) is 36.6. The second kappa shape index (κ2) is 12.7. The predicted molar refractivity (Wildman–Crippen MR) is 185 cm³/mol. The molecule has 0 radical (unpaired) electrons. The maximum Gasteiger partial charge on any atom is 0.315 e. The van der Waals surface area contributed by atoms with Crippen molar-refractivity contribution in [3.8, 4) is 0 Å². The van der Waals surface area contributed by atoms with Gasteiger partial charge in [-0.25, -0.2) is 0 Å². The second-order valence-electron chi connectivity index (χ2n) is 16.3. The summed E-state index contributed by atoms with van der Waals surface area (Å²) in [5.74, 6) is 0.397. The molecule has 7 rings (SSSR count). The molecule has 1 aliphatic heterocycles. The van der Waals surface area contributed by atoms with Crippen LogP contribution in [0, 0.1) is 45.8 Å². The highest BCUT2D eigenvalue weighted by Gasteiger charge is 2.86. The van der Waals surface area contributed by atoms with Crippen LogP contribution in [0.4, 0.5) is 0 Å². The first-order valence-corrected chi connectivity index (χ1v) is 18.3. The number of aldehydes is 1. The molecule has 0 spiro atoms. The van der Waals surface area contributed by atoms with Crippen LogP contribution in [0.15, 0.2) is 54.2 Å². The molecule has 3 heterocycles. The van der Waals surface area contributed by atoms with Gasteiger partial charge in [-0.2, -0.15) is 0 Å². The average Bonchev–Trinajstić information content (AvgIpc) is 3.80. The first-order chi connectivity index (χ1) is 23.1. The summed E-state index contributed by atoms with van der Waals surface area (Å²) in [4.78, 5) is 41.3. The van der Waals surface area contributed by atoms with Crippen molar-refractivity contribution in [1.29, 1.82) is 0 Å². The highest BCUT2D eigenvalue weighted by molar-refractivity contribution is 5.90. The summed E-state index contributed by atoms with van der Waals surface area (Å²) in [5, 5.41) is 11.4. The van der Waals surface area contributed by atoms with Crippen LogP contribution < -0.4 is 0 Å². The zero-order valence-corrected chi connectivity index (χ0v) is 29.5. The Morgan fingerprint density at radius 2 is 1.77 bits per heavy atom. The van der Waals surface area contributed by atoms with Crippen LogP contribution in [0.25, 0.3) is 0 Å². The molecular formula is C40H54N4O4. The summed E-state index contributed by atoms with van der Waals surface area (Å²) in [6.45, 7) is 9.73. The molecular weight excluding hydrogens is 600 g/mol. The molecule has 48 heavy (non-hydrogen) atoms. The van der Waals surface area contributed by atoms with Gasteiger partial charge >= 0.3 is 5.97 Å². The number of pyridine rings is 2. The van der Waals surface area contributed by atoms with Crippen LogP contribution in [0.3, 0.4) is 0 Å². The van der Waals surface area contributed by atoms with Gasteiger partial charge in [-0.15, -0.1) is 0 Å². The number of aliphatic carboxylic acids is 1. The Morgan fingerprint density at radius 3 is 2.46 bits per heavy atom. The minimum atomic E-state index is -1.17. The van der Waals surface area contributed by atoms with Crippen molar-refractivity contribution < 1.29 is 19.4 Å². The quantitative estimate of drug-likeness (QED) is 0.206. The lowest BCUT2D eigenvalue weighted by Crippen LogP contribution is -2.65. The number of ether oxygens (including phenoxy) is 1. The number of carbonyl (C=O) groups is 2. The number of hydrogen-bond acceptors (Lipinski definition) is 7. The molecule has 3 saturated carbocycles. The van der Waals surface area contributed by atoms with E-state index in [0.717, 1.165) is 93.6 Å². The molecule has 6 unspecified atom stereocenters. The third-order valence-corrected chi connectivity index (χ3v) is 13.4. The second-order valence-corrected chi connectivity index (χ2v) is 16.3. The van der Waals surface area contributed by atoms with Gasteiger partial charge in [-0.05, 0) is 100 Å². The van der Waals surface area contributed by atoms with E-state index in [-0.39, 0.29) is 30.0 Å². The Labute approximate surface area is 286 Å². The van der Waals surface area contributed by atoms with Crippen molar-refractivity contribution in [2.24, 2.45) is 45.8 Å². The highest BCUT2D eigenvalue weighted by atomic mass is 16.5. The number of aromatic nitrogens is 2. The minimum Gasteiger partial charge on any atom is -0.481 e. The number of fused-ring (bicyclic) bond motifs is 2. The molecule has 2 aromatic rings. The number of hydrogen-bond donors (Lipinski definition) is 1. The van der Waals surface area contributed by atoms with Gasteiger partial charge in [0.1, 0.15) is 11.7 Å². The third kappa shape index (κ3) is 5.03. The summed E-state index contributed by atoms with van der Waals surface area (Å²) in [5.41, 5.74) is 1.61. The van der Waals surface area contributed by atoms with Gasteiger partial charge in [0.2, 0.25) is 0 Å². The minimum absolute atomic E-state index is 0.0213. The smallest absolute Gasteiger partial charge is 0.315 e. The Morgan fingerprint density at radius 1 is 1.02 bits per heavy atom. The van der Waals surface area contributed by atoms with Gasteiger partial charge in [0, 0.05) is 49.9 Å². The summed E-state index contributed by atoms with van der Waals surface area (Å²) in [6.07, 6.45) is 11.3. The summed E-state index contributed by atoms with van der Waals surface area (Å²) in [6, 6.07) is 12.3. The topological polar surface area (TPSA) is 95.9 Å². The van der Waals surface area contributed by atoms with E-state index in [0.29, 0.717) is 18.3 Å². The van der Waals surface area contributed by atoms with Crippen LogP contribution in [0.1, 0.15) is 76.4 Å². The number of carboxylic acid groups (broad SMARTS) is 1. The van der Waals surface area contributed by atoms with Crippen molar-refractivity contribution in [2.75, 3.05) is 27.2 Å². The van der Waals surface area contributed by atoms with Gasteiger partial charge in [0.05, 0.1) is 29.0 Å². The summed E-state index contributed by atoms with van der Waals surface area (Å²) >= 11 is 0. The lowest BCUT2D eigenvalue weighted by molar-refractivity contribution is -0.197. The van der Waals surface area contributed by atoms with E-state index >= 15 is 0 Å². The average molecular weight is 655 g/mol. The van der Waals surface area contributed by atoms with Crippen LogP contribution >= 0.6 is 0 Å². The Balaban J connectivity index is 1.05. The van der Waals surface area contributed by atoms with Crippen molar-refractivity contribution in [2.45, 2.75) is 91.0 Å². The van der Waals surface area contributed by atoms with Gasteiger partial charge in [-0.3, -0.25) is 19.7 Å². The van der Waals surface area contributed by atoms with Crippen LogP contribution in [0.2, 0.25) is 0 Å². The Hall–Kier alpha value is -2.94. The Bertz CT molecular complexity index is 1550. The number of rotatable bonds is 13. The molecule has 9 atom stereocenters. The fourth-order valence-electron chi connectivity index (χ4n) is 11.7. The molecule has 1 saturated heterocycles. The van der Waals surface area contributed by atoms with Crippen molar-refractivity contribution in [3.63, 3.8) is 0 Å². The first-order valence-electron chi connectivity index (χ1n) is 18.3. The van der Waals surface area contributed by atoms with Gasteiger partial charge in [0.15, 0.2) is 0 Å². The van der Waals surface area contributed by atoms with Gasteiger partial charge < -0.3 is 19.5 Å². The monoisotopic (exact) mass is 654 g/mol. The van der Waals surface area contributed by atoms with E-state index in [1.54, 1.807) is 0 Å². The molecule has 0 aromatic carbocycles. The maximum atomic E-state index is 13.9. The van der Waals surface area contributed by atoms with Crippen LogP contribution in [-0.2, 0) is 33.8 Å². The van der Waals surface area contributed by atoms with Crippen molar-refractivity contribution in [1.82, 2.24) is 19.8 Å². The van der Waals surface area contributed by atoms with E-state index in [4.69, 9.17) is 9.72 Å². The molecule has 1 N–H and O–H groups in total. The lowest BCUT2D eigenvalue weighted by Gasteiger charge is -2.60. The number of likely N-dealkylation sites (N-methyl/N-ethyl adjacent to an activating group) is 2. The van der Waals surface area contributed by atoms with Crippen molar-refractivity contribution >= 4 is 12.3 Å². The molecule has 8 nitrogen and oxygen atoms in total. The van der Waals surface area contributed by atoms with Gasteiger partial charge in [-0.1, -0.05) is 51.0 Å². The number of allylic oxidation sites excluding steroid dienone is 1. The number of carboxylic acids is 1. The molecule has 8 heteroatoms. The molecule has 2 aromatic heterocycles. The van der Waals surface area contributed by atoms with E-state index < -0.39 is 22.2 Å². The fraction of sp³-hybridized carbons (Fsp3) is 0.650. The van der Waals surface area contributed by atoms with Gasteiger partial charge in [0.25, 0.3) is 0 Å². The molecule has 5 aliphatic rings. The zero-order chi connectivity index (χ0) is 33.8. The molecule has 0 amide bonds. The Kier molecular flexibility index (Phi) is 8.91. The fourth-order valence-corrected chi connectivity index (χ4v) is 11.7. The highest BCUT2D eigenvalue weighted by Crippen LogP contribution is 2.84. The van der Waals surface area contributed by atoms with E-state index in [1.807, 2.05) is 18.3 Å². The largest absolute Gasteiger partial charge is 0.481 e. The van der Waals surface area contributed by atoms with E-state index in [9.17, 15) is 14.7 Å². The molecule has 258 valence electrons. The van der Waals surface area contributed by atoms with Crippen LogP contribution in [-0.4, -0.2) is 76.5 Å². The predicted octanol–water partition coefficient (Wildman–Crippen LogP) is 6.06. The lowest BCUT2D eigenvalue weighted by atomic mass is 9.41. The number of carbonyl (C=O) groups excluding carboxylic acids is 1. The molecule has 4 bridgehead atoms. The summed E-state index contributed by atoms with van der Waals surface area (Å²) in [7, 11) is 4.25. The molecule has 4 fully saturated rings. The van der Waals surface area contributed by atoms with Crippen molar-refractivity contribution in [3.05, 3.63) is 71.3 Å². The summed E-state index contributed by atoms with van der Waals surface area (Å²) < 4.78 is 7.04. The van der Waals surface area contributed by atoms with E-state index in [2.05, 4.69) is 80.0 Å².